The predicted octanol–water partition coefficient (Wildman–Crippen LogP) is 3.00. The molecule has 1 aliphatic heterocycles. The number of benzene rings is 1. The van der Waals surface area contributed by atoms with Crippen LogP contribution in [0.4, 0.5) is 0 Å². The third-order valence-electron chi connectivity index (χ3n) is 3.74. The fraction of sp³-hybridized carbons (Fsp3) is 0.600. The van der Waals surface area contributed by atoms with Gasteiger partial charge < -0.3 is 9.22 Å². The molecule has 0 radical (unpaired) electrons. The summed E-state index contributed by atoms with van der Waals surface area (Å²) in [5, 5.41) is 0. The van der Waals surface area contributed by atoms with E-state index in [1.54, 1.807) is 7.11 Å². The van der Waals surface area contributed by atoms with Crippen LogP contribution in [0, 0.1) is 0 Å². The van der Waals surface area contributed by atoms with E-state index < -0.39 is 0 Å². The number of ether oxygens (including phenoxy) is 1. The summed E-state index contributed by atoms with van der Waals surface area (Å²) in [6.45, 7) is 2.39. The zero-order valence-corrected chi connectivity index (χ0v) is 11.3. The van der Waals surface area contributed by atoms with Crippen LogP contribution in [0.3, 0.4) is 0 Å². The maximum absolute atomic E-state index is 5.51. The molecule has 0 saturated heterocycles. The molecule has 1 aromatic rings. The molecule has 0 amide bonds. The van der Waals surface area contributed by atoms with Gasteiger partial charge in [0.25, 0.3) is 0 Å². The second-order valence-electron chi connectivity index (χ2n) is 5.73. The molecule has 1 heterocycles. The highest BCUT2D eigenvalue weighted by atomic mass is 16.5. The van der Waals surface area contributed by atoms with Crippen LogP contribution in [-0.2, 0) is 13.0 Å². The Morgan fingerprint density at radius 1 is 1.12 bits per heavy atom. The van der Waals surface area contributed by atoms with Gasteiger partial charge in [-0.2, -0.15) is 0 Å². The molecule has 0 saturated carbocycles. The molecule has 17 heavy (non-hydrogen) atoms. The molecule has 0 unspecified atom stereocenters. The Balaban J connectivity index is 2.37. The lowest BCUT2D eigenvalue weighted by atomic mass is 10.0. The standard InChI is InChI=1S/C15H24NO/c1-16(2)11-6-4-5-9-14-13(12-16)8-7-10-15(14)17-3/h7-8,10H,4-6,9,11-12H2,1-3H3/q+1. The summed E-state index contributed by atoms with van der Waals surface area (Å²) in [5.74, 6) is 1.07. The van der Waals surface area contributed by atoms with E-state index >= 15 is 0 Å². The second kappa shape index (κ2) is 5.09. The molecule has 0 spiro atoms. The third kappa shape index (κ3) is 3.01. The van der Waals surface area contributed by atoms with Gasteiger partial charge in [0.05, 0.1) is 27.7 Å². The van der Waals surface area contributed by atoms with E-state index in [1.165, 1.54) is 43.4 Å². The molecule has 0 fully saturated rings. The minimum Gasteiger partial charge on any atom is -0.496 e. The van der Waals surface area contributed by atoms with Crippen LogP contribution >= 0.6 is 0 Å². The molecule has 2 nitrogen and oxygen atoms in total. The Bertz CT molecular complexity index is 385. The van der Waals surface area contributed by atoms with Crippen molar-refractivity contribution in [2.75, 3.05) is 27.7 Å². The Morgan fingerprint density at radius 3 is 2.71 bits per heavy atom. The monoisotopic (exact) mass is 234 g/mol. The first-order valence-corrected chi connectivity index (χ1v) is 6.59. The Morgan fingerprint density at radius 2 is 1.94 bits per heavy atom. The third-order valence-corrected chi connectivity index (χ3v) is 3.74. The summed E-state index contributed by atoms with van der Waals surface area (Å²) >= 11 is 0. The van der Waals surface area contributed by atoms with Crippen molar-refractivity contribution in [1.29, 1.82) is 0 Å². The van der Waals surface area contributed by atoms with E-state index in [4.69, 9.17) is 4.74 Å². The van der Waals surface area contributed by atoms with E-state index in [2.05, 4.69) is 32.3 Å². The molecule has 0 atom stereocenters. The number of hydrogen-bond acceptors (Lipinski definition) is 1. The average Bonchev–Trinajstić information content (AvgIpc) is 2.35. The van der Waals surface area contributed by atoms with Gasteiger partial charge in [-0.1, -0.05) is 12.1 Å². The first-order chi connectivity index (χ1) is 8.12. The van der Waals surface area contributed by atoms with Crippen LogP contribution in [0.5, 0.6) is 5.75 Å². The van der Waals surface area contributed by atoms with Crippen LogP contribution in [0.25, 0.3) is 0 Å². The van der Waals surface area contributed by atoms with Crippen molar-refractivity contribution in [2.45, 2.75) is 32.2 Å². The van der Waals surface area contributed by atoms with Crippen molar-refractivity contribution in [1.82, 2.24) is 0 Å². The van der Waals surface area contributed by atoms with Gasteiger partial charge in [0.2, 0.25) is 0 Å². The topological polar surface area (TPSA) is 9.23 Å². The summed E-state index contributed by atoms with van der Waals surface area (Å²) in [6.07, 6.45) is 5.12. The maximum Gasteiger partial charge on any atom is 0.122 e. The van der Waals surface area contributed by atoms with Crippen LogP contribution in [0.15, 0.2) is 18.2 Å². The van der Waals surface area contributed by atoms with Crippen molar-refractivity contribution in [3.8, 4) is 5.75 Å². The van der Waals surface area contributed by atoms with E-state index in [-0.39, 0.29) is 0 Å². The maximum atomic E-state index is 5.51. The largest absolute Gasteiger partial charge is 0.496 e. The lowest BCUT2D eigenvalue weighted by Crippen LogP contribution is -2.39. The Kier molecular flexibility index (Phi) is 3.72. The number of hydrogen-bond donors (Lipinski definition) is 0. The molecule has 2 heteroatoms. The van der Waals surface area contributed by atoms with Gasteiger partial charge in [0.1, 0.15) is 12.3 Å². The van der Waals surface area contributed by atoms with Crippen molar-refractivity contribution >= 4 is 0 Å². The van der Waals surface area contributed by atoms with Gasteiger partial charge >= 0.3 is 0 Å². The number of fused-ring (bicyclic) bond motifs is 1. The zero-order chi connectivity index (χ0) is 12.3. The van der Waals surface area contributed by atoms with Crippen molar-refractivity contribution in [3.05, 3.63) is 29.3 Å². The number of methoxy groups -OCH3 is 1. The second-order valence-corrected chi connectivity index (χ2v) is 5.73. The van der Waals surface area contributed by atoms with Crippen molar-refractivity contribution < 1.29 is 9.22 Å². The zero-order valence-electron chi connectivity index (χ0n) is 11.3. The number of rotatable bonds is 1. The normalized spacial score (nSPS) is 19.7. The van der Waals surface area contributed by atoms with Gasteiger partial charge in [0, 0.05) is 11.1 Å². The van der Waals surface area contributed by atoms with Crippen molar-refractivity contribution in [3.63, 3.8) is 0 Å². The molecule has 1 aromatic carbocycles. The highest BCUT2D eigenvalue weighted by Crippen LogP contribution is 2.28. The van der Waals surface area contributed by atoms with Gasteiger partial charge in [0.15, 0.2) is 0 Å². The fourth-order valence-electron chi connectivity index (χ4n) is 2.79. The van der Waals surface area contributed by atoms with Crippen LogP contribution in [-0.4, -0.2) is 32.2 Å². The van der Waals surface area contributed by atoms with Gasteiger partial charge in [-0.05, 0) is 31.7 Å². The molecule has 94 valence electrons. The quantitative estimate of drug-likeness (QED) is 0.679. The van der Waals surface area contributed by atoms with E-state index in [0.29, 0.717) is 0 Å². The van der Waals surface area contributed by atoms with Gasteiger partial charge in [-0.15, -0.1) is 0 Å². The fourth-order valence-corrected chi connectivity index (χ4v) is 2.79. The van der Waals surface area contributed by atoms with E-state index in [1.807, 2.05) is 0 Å². The molecule has 0 N–H and O–H groups in total. The number of quaternary nitrogens is 1. The summed E-state index contributed by atoms with van der Waals surface area (Å²) in [5.41, 5.74) is 2.90. The predicted molar refractivity (Wildman–Crippen MR) is 71.2 cm³/mol. The molecule has 2 rings (SSSR count). The first kappa shape index (κ1) is 12.4. The van der Waals surface area contributed by atoms with Gasteiger partial charge in [-0.25, -0.2) is 0 Å². The Hall–Kier alpha value is -1.02. The highest BCUT2D eigenvalue weighted by Gasteiger charge is 2.21. The SMILES string of the molecule is COc1cccc2c1CCCCC[N+](C)(C)C2. The summed E-state index contributed by atoms with van der Waals surface area (Å²) in [4.78, 5) is 0. The summed E-state index contributed by atoms with van der Waals surface area (Å²) in [6, 6.07) is 6.48. The Labute approximate surface area is 105 Å². The summed E-state index contributed by atoms with van der Waals surface area (Å²) in [7, 11) is 6.44. The first-order valence-electron chi connectivity index (χ1n) is 6.59. The van der Waals surface area contributed by atoms with Crippen LogP contribution < -0.4 is 4.74 Å². The molecule has 0 aliphatic carbocycles. The lowest BCUT2D eigenvalue weighted by Gasteiger charge is -2.30. The van der Waals surface area contributed by atoms with Crippen LogP contribution in [0.2, 0.25) is 0 Å². The lowest BCUT2D eigenvalue weighted by molar-refractivity contribution is -0.903. The molecular formula is C15H24NO+. The molecular weight excluding hydrogens is 210 g/mol. The van der Waals surface area contributed by atoms with Crippen molar-refractivity contribution in [2.24, 2.45) is 0 Å². The minimum absolute atomic E-state index is 1.07. The molecule has 0 aromatic heterocycles. The van der Waals surface area contributed by atoms with E-state index in [9.17, 15) is 0 Å². The molecule has 1 aliphatic rings. The van der Waals surface area contributed by atoms with E-state index in [0.717, 1.165) is 16.8 Å². The average molecular weight is 234 g/mol. The minimum atomic E-state index is 1.07. The summed E-state index contributed by atoms with van der Waals surface area (Å²) < 4.78 is 6.59. The highest BCUT2D eigenvalue weighted by molar-refractivity contribution is 5.40. The molecule has 0 bridgehead atoms. The van der Waals surface area contributed by atoms with Gasteiger partial charge in [-0.3, -0.25) is 0 Å². The van der Waals surface area contributed by atoms with Crippen LogP contribution in [0.1, 0.15) is 30.4 Å². The smallest absolute Gasteiger partial charge is 0.122 e. The number of nitrogens with zero attached hydrogens (tertiary/aromatic N) is 1.